The summed E-state index contributed by atoms with van der Waals surface area (Å²) in [5, 5.41) is 9.30. The summed E-state index contributed by atoms with van der Waals surface area (Å²) < 4.78 is 15.8. The van der Waals surface area contributed by atoms with Crippen LogP contribution >= 0.6 is 0 Å². The fraction of sp³-hybridized carbons (Fsp3) is 0.730. The molecule has 0 spiro atoms. The second-order valence-electron chi connectivity index (χ2n) is 14.5. The van der Waals surface area contributed by atoms with E-state index in [9.17, 15) is 14.0 Å². The molecule has 8 heteroatoms. The van der Waals surface area contributed by atoms with Gasteiger partial charge in [0, 0.05) is 49.3 Å². The van der Waals surface area contributed by atoms with Crippen LogP contribution in [0.15, 0.2) is 17.1 Å². The van der Waals surface area contributed by atoms with Gasteiger partial charge in [0.25, 0.3) is 0 Å². The van der Waals surface area contributed by atoms with Gasteiger partial charge in [-0.2, -0.15) is 0 Å². The molecule has 5 rings (SSSR count). The predicted molar refractivity (Wildman–Crippen MR) is 183 cm³/mol. The summed E-state index contributed by atoms with van der Waals surface area (Å²) in [5.74, 6) is 0.0746. The largest absolute Gasteiger partial charge is 0.477 e. The number of rotatable bonds is 13. The minimum atomic E-state index is -1.28. The Morgan fingerprint density at radius 1 is 1.02 bits per heavy atom. The maximum atomic E-state index is 14.0. The quantitative estimate of drug-likeness (QED) is 0.246. The first-order chi connectivity index (χ1) is 21.5. The normalized spacial score (nSPS) is 23.2. The maximum Gasteiger partial charge on any atom is 0.341 e. The molecule has 0 bridgehead atoms. The zero-order chi connectivity index (χ0) is 32.9. The standard InChI is InChI=1S/C22H45N3.C15H14FNO3/c1-6-10-12-20(8-3)14-23-16-22(5)17-24(19-25(22)18-23)15-21(9-4)13-11-7-2;1-7-3-4-9-8(2)12(16)5-10-13(9)17(7)6-11(14(10)18)15(19)20/h20-21H,6-19H2,1-5H3;5-7H,3-4H2,1-2H3,(H,19,20). The number of halogens is 1. The highest BCUT2D eigenvalue weighted by atomic mass is 19.1. The molecular formula is C37H59FN4O3. The number of pyridine rings is 1. The van der Waals surface area contributed by atoms with E-state index < -0.39 is 17.2 Å². The van der Waals surface area contributed by atoms with Crippen LogP contribution in [0, 0.1) is 24.6 Å². The van der Waals surface area contributed by atoms with E-state index in [4.69, 9.17) is 5.11 Å². The number of aromatic carboxylic acids is 1. The van der Waals surface area contributed by atoms with Crippen LogP contribution in [0.5, 0.6) is 0 Å². The second kappa shape index (κ2) is 15.5. The number of benzene rings is 1. The highest BCUT2D eigenvalue weighted by molar-refractivity contribution is 5.94. The Balaban J connectivity index is 0.000000209. The van der Waals surface area contributed by atoms with Crippen molar-refractivity contribution in [3.63, 3.8) is 0 Å². The van der Waals surface area contributed by atoms with Crippen molar-refractivity contribution in [1.82, 2.24) is 19.3 Å². The van der Waals surface area contributed by atoms with Crippen LogP contribution in [0.3, 0.4) is 0 Å². The first-order valence-corrected chi connectivity index (χ1v) is 17.8. The van der Waals surface area contributed by atoms with Crippen molar-refractivity contribution in [1.29, 1.82) is 0 Å². The molecule has 2 saturated heterocycles. The van der Waals surface area contributed by atoms with E-state index in [1.807, 2.05) is 6.92 Å². The summed E-state index contributed by atoms with van der Waals surface area (Å²) in [4.78, 5) is 31.7. The van der Waals surface area contributed by atoms with Gasteiger partial charge in [-0.25, -0.2) is 9.18 Å². The Kier molecular flexibility index (Phi) is 12.3. The van der Waals surface area contributed by atoms with Crippen molar-refractivity contribution in [3.8, 4) is 0 Å². The molecule has 2 fully saturated rings. The monoisotopic (exact) mass is 626 g/mol. The van der Waals surface area contributed by atoms with Crippen LogP contribution in [0.1, 0.15) is 127 Å². The molecule has 3 aliphatic rings. The highest BCUT2D eigenvalue weighted by Gasteiger charge is 2.47. The lowest BCUT2D eigenvalue weighted by Crippen LogP contribution is -2.41. The Morgan fingerprint density at radius 3 is 2.04 bits per heavy atom. The van der Waals surface area contributed by atoms with E-state index in [0.29, 0.717) is 23.0 Å². The molecule has 4 heterocycles. The van der Waals surface area contributed by atoms with E-state index in [-0.39, 0.29) is 17.0 Å². The third-order valence-electron chi connectivity index (χ3n) is 10.9. The SMILES string of the molecule is CCCCC(CC)CN1CN2CN(CC(CC)CCCC)CC2(C)C1.Cc1c(F)cc2c(=O)c(C(=O)O)cn3c2c1CCC3C. The van der Waals surface area contributed by atoms with E-state index >= 15 is 0 Å². The lowest BCUT2D eigenvalue weighted by molar-refractivity contribution is 0.0694. The summed E-state index contributed by atoms with van der Waals surface area (Å²) in [6.07, 6.45) is 13.9. The van der Waals surface area contributed by atoms with Crippen LogP contribution < -0.4 is 5.43 Å². The zero-order valence-electron chi connectivity index (χ0n) is 29.1. The van der Waals surface area contributed by atoms with E-state index in [2.05, 4.69) is 49.3 Å². The third kappa shape index (κ3) is 7.99. The Hall–Kier alpha value is -2.29. The number of unbranched alkanes of at least 4 members (excludes halogenated alkanes) is 2. The molecule has 0 amide bonds. The summed E-state index contributed by atoms with van der Waals surface area (Å²) >= 11 is 0. The number of hydrogen-bond acceptors (Lipinski definition) is 5. The number of carboxylic acids is 1. The van der Waals surface area contributed by atoms with Crippen LogP contribution in [0.2, 0.25) is 0 Å². The zero-order valence-corrected chi connectivity index (χ0v) is 29.1. The van der Waals surface area contributed by atoms with Gasteiger partial charge in [-0.3, -0.25) is 19.5 Å². The molecule has 7 nitrogen and oxygen atoms in total. The first kappa shape index (κ1) is 35.6. The van der Waals surface area contributed by atoms with Gasteiger partial charge in [-0.05, 0) is 75.5 Å². The van der Waals surface area contributed by atoms with Gasteiger partial charge in [-0.15, -0.1) is 0 Å². The number of carbonyl (C=O) groups is 1. The van der Waals surface area contributed by atoms with Gasteiger partial charge in [0.15, 0.2) is 0 Å². The molecular weight excluding hydrogens is 567 g/mol. The topological polar surface area (TPSA) is 69.0 Å². The van der Waals surface area contributed by atoms with Crippen LogP contribution in [0.25, 0.3) is 10.9 Å². The Bertz CT molecular complexity index is 1340. The molecule has 3 atom stereocenters. The van der Waals surface area contributed by atoms with Gasteiger partial charge in [0.05, 0.1) is 18.9 Å². The van der Waals surface area contributed by atoms with E-state index in [0.717, 1.165) is 29.9 Å². The van der Waals surface area contributed by atoms with Crippen molar-refractivity contribution < 1.29 is 14.3 Å². The summed E-state index contributed by atoms with van der Waals surface area (Å²) in [6.45, 7) is 23.1. The maximum absolute atomic E-state index is 14.0. The van der Waals surface area contributed by atoms with Crippen molar-refractivity contribution in [2.24, 2.45) is 11.8 Å². The molecule has 3 aliphatic heterocycles. The fourth-order valence-electron chi connectivity index (χ4n) is 7.95. The van der Waals surface area contributed by atoms with Gasteiger partial charge in [-0.1, -0.05) is 66.2 Å². The van der Waals surface area contributed by atoms with Crippen LogP contribution in [0.4, 0.5) is 4.39 Å². The van der Waals surface area contributed by atoms with Crippen molar-refractivity contribution >= 4 is 16.9 Å². The summed E-state index contributed by atoms with van der Waals surface area (Å²) in [7, 11) is 0. The van der Waals surface area contributed by atoms with Gasteiger partial charge in [0.1, 0.15) is 11.4 Å². The highest BCUT2D eigenvalue weighted by Crippen LogP contribution is 2.34. The molecule has 45 heavy (non-hydrogen) atoms. The summed E-state index contributed by atoms with van der Waals surface area (Å²) in [6, 6.07) is 1.26. The third-order valence-corrected chi connectivity index (χ3v) is 10.9. The number of aromatic nitrogens is 1. The van der Waals surface area contributed by atoms with E-state index in [1.54, 1.807) is 11.5 Å². The molecule has 3 unspecified atom stereocenters. The van der Waals surface area contributed by atoms with Gasteiger partial charge in [0.2, 0.25) is 5.43 Å². The van der Waals surface area contributed by atoms with Crippen molar-refractivity contribution in [3.05, 3.63) is 45.0 Å². The smallest absolute Gasteiger partial charge is 0.341 e. The lowest BCUT2D eigenvalue weighted by Gasteiger charge is -2.28. The number of fused-ring (bicyclic) bond motifs is 1. The molecule has 2 aromatic rings. The minimum Gasteiger partial charge on any atom is -0.477 e. The van der Waals surface area contributed by atoms with Gasteiger partial charge < -0.3 is 9.67 Å². The molecule has 1 aromatic heterocycles. The summed E-state index contributed by atoms with van der Waals surface area (Å²) in [5.41, 5.74) is 1.51. The van der Waals surface area contributed by atoms with Crippen molar-refractivity contribution in [2.45, 2.75) is 124 Å². The van der Waals surface area contributed by atoms with Crippen LogP contribution in [-0.4, -0.2) is 75.4 Å². The number of nitrogens with zero attached hydrogens (tertiary/aromatic N) is 4. The Morgan fingerprint density at radius 2 is 1.58 bits per heavy atom. The van der Waals surface area contributed by atoms with Gasteiger partial charge >= 0.3 is 5.97 Å². The lowest BCUT2D eigenvalue weighted by atomic mass is 9.92. The molecule has 252 valence electrons. The number of carboxylic acid groups (broad SMARTS) is 1. The molecule has 0 saturated carbocycles. The fourth-order valence-corrected chi connectivity index (χ4v) is 7.95. The Labute approximate surface area is 270 Å². The average molecular weight is 627 g/mol. The minimum absolute atomic E-state index is 0.0913. The van der Waals surface area contributed by atoms with Crippen molar-refractivity contribution in [2.75, 3.05) is 39.5 Å². The van der Waals surface area contributed by atoms with E-state index in [1.165, 1.54) is 97.1 Å². The number of aryl methyl sites for hydroxylation is 1. The first-order valence-electron chi connectivity index (χ1n) is 17.8. The predicted octanol–water partition coefficient (Wildman–Crippen LogP) is 7.68. The number of hydrogen-bond donors (Lipinski definition) is 1. The molecule has 1 aromatic carbocycles. The second-order valence-corrected chi connectivity index (χ2v) is 14.5. The van der Waals surface area contributed by atoms with Crippen LogP contribution in [-0.2, 0) is 6.42 Å². The molecule has 1 N–H and O–H groups in total. The molecule has 0 aliphatic carbocycles. The average Bonchev–Trinajstić information content (AvgIpc) is 3.47. The molecule has 0 radical (unpaired) electrons.